The van der Waals surface area contributed by atoms with E-state index in [-0.39, 0.29) is 24.7 Å². The Morgan fingerprint density at radius 1 is 0.941 bits per heavy atom. The summed E-state index contributed by atoms with van der Waals surface area (Å²) >= 11 is 0. The minimum Gasteiger partial charge on any atom is -0.356 e. The van der Waals surface area contributed by atoms with E-state index in [1.165, 1.54) is 22.8 Å². The normalized spacial score (nSPS) is 11.1. The van der Waals surface area contributed by atoms with Crippen molar-refractivity contribution < 1.29 is 14.0 Å². The van der Waals surface area contributed by atoms with E-state index in [2.05, 4.69) is 10.6 Å². The molecule has 0 aliphatic heterocycles. The van der Waals surface area contributed by atoms with Gasteiger partial charge in [-0.1, -0.05) is 38.1 Å². The number of amides is 2. The third-order valence-electron chi connectivity index (χ3n) is 5.32. The third kappa shape index (κ3) is 6.18. The van der Waals surface area contributed by atoms with Gasteiger partial charge >= 0.3 is 5.69 Å². The Hall–Kier alpha value is -3.75. The molecule has 0 radical (unpaired) electrons. The van der Waals surface area contributed by atoms with Gasteiger partial charge in [0.05, 0.1) is 16.6 Å². The molecule has 0 spiro atoms. The number of nitrogens with one attached hydrogen (secondary N) is 2. The van der Waals surface area contributed by atoms with Gasteiger partial charge < -0.3 is 10.6 Å². The van der Waals surface area contributed by atoms with Gasteiger partial charge in [0.25, 0.3) is 5.56 Å². The second-order valence-corrected chi connectivity index (χ2v) is 8.53. The van der Waals surface area contributed by atoms with Gasteiger partial charge in [0, 0.05) is 19.5 Å². The molecule has 3 aromatic rings. The largest absolute Gasteiger partial charge is 0.356 e. The van der Waals surface area contributed by atoms with Crippen LogP contribution in [-0.2, 0) is 22.7 Å². The fraction of sp³-hybridized carbons (Fsp3) is 0.360. The second-order valence-electron chi connectivity index (χ2n) is 8.53. The molecule has 9 heteroatoms. The number of rotatable bonds is 10. The zero-order chi connectivity index (χ0) is 24.7. The van der Waals surface area contributed by atoms with Crippen LogP contribution < -0.4 is 21.9 Å². The maximum Gasteiger partial charge on any atom is 0.331 e. The highest BCUT2D eigenvalue weighted by molar-refractivity contribution is 5.91. The first-order chi connectivity index (χ1) is 16.3. The third-order valence-corrected chi connectivity index (χ3v) is 5.32. The van der Waals surface area contributed by atoms with Crippen molar-refractivity contribution in [3.8, 4) is 0 Å². The molecule has 2 N–H and O–H groups in total. The summed E-state index contributed by atoms with van der Waals surface area (Å²) in [7, 11) is 0. The molecule has 34 heavy (non-hydrogen) atoms. The number of hydrogen-bond donors (Lipinski definition) is 2. The lowest BCUT2D eigenvalue weighted by Crippen LogP contribution is -2.41. The van der Waals surface area contributed by atoms with Crippen molar-refractivity contribution in [2.45, 2.75) is 46.2 Å². The number of anilines is 1. The molecule has 1 heterocycles. The molecule has 2 aromatic carbocycles. The number of nitrogens with zero attached hydrogens (tertiary/aromatic N) is 2. The van der Waals surface area contributed by atoms with Crippen LogP contribution in [0.3, 0.4) is 0 Å². The molecule has 0 fully saturated rings. The molecule has 3 rings (SSSR count). The Kier molecular flexibility index (Phi) is 8.34. The predicted molar refractivity (Wildman–Crippen MR) is 129 cm³/mol. The average molecular weight is 469 g/mol. The first-order valence-corrected chi connectivity index (χ1v) is 11.3. The highest BCUT2D eigenvalue weighted by Gasteiger charge is 2.16. The van der Waals surface area contributed by atoms with Crippen molar-refractivity contribution in [1.29, 1.82) is 0 Å². The van der Waals surface area contributed by atoms with Crippen molar-refractivity contribution >= 4 is 28.4 Å². The van der Waals surface area contributed by atoms with Crippen LogP contribution in [0.2, 0.25) is 0 Å². The van der Waals surface area contributed by atoms with Crippen LogP contribution in [0.1, 0.15) is 33.1 Å². The molecule has 0 bridgehead atoms. The quantitative estimate of drug-likeness (QED) is 0.447. The summed E-state index contributed by atoms with van der Waals surface area (Å²) in [5, 5.41) is 5.60. The lowest BCUT2D eigenvalue weighted by atomic mass is 10.2. The molecule has 0 saturated carbocycles. The summed E-state index contributed by atoms with van der Waals surface area (Å²) < 4.78 is 16.2. The van der Waals surface area contributed by atoms with Crippen molar-refractivity contribution in [3.05, 3.63) is 75.2 Å². The minimum atomic E-state index is -0.628. The van der Waals surface area contributed by atoms with Crippen LogP contribution in [0.25, 0.3) is 10.9 Å². The summed E-state index contributed by atoms with van der Waals surface area (Å²) in [5.74, 6) is -0.893. The number of aromatic nitrogens is 2. The molecule has 1 aromatic heterocycles. The number of halogens is 1. The Morgan fingerprint density at radius 2 is 1.65 bits per heavy atom. The van der Waals surface area contributed by atoms with E-state index in [9.17, 15) is 23.6 Å². The Labute approximate surface area is 196 Å². The van der Waals surface area contributed by atoms with E-state index < -0.39 is 23.0 Å². The van der Waals surface area contributed by atoms with Gasteiger partial charge in [0.1, 0.15) is 12.4 Å². The number of benzene rings is 2. The zero-order valence-corrected chi connectivity index (χ0v) is 19.3. The number of hydrogen-bond acceptors (Lipinski definition) is 4. The average Bonchev–Trinajstić information content (AvgIpc) is 2.81. The Balaban J connectivity index is 1.79. The predicted octanol–water partition coefficient (Wildman–Crippen LogP) is 2.88. The van der Waals surface area contributed by atoms with Crippen molar-refractivity contribution in [2.75, 3.05) is 11.9 Å². The van der Waals surface area contributed by atoms with Crippen LogP contribution in [0, 0.1) is 11.7 Å². The Morgan fingerprint density at radius 3 is 2.38 bits per heavy atom. The van der Waals surface area contributed by atoms with Crippen LogP contribution in [0.4, 0.5) is 10.1 Å². The summed E-state index contributed by atoms with van der Waals surface area (Å²) in [6.07, 6.45) is 1.26. The standard InChI is InChI=1S/C25H29FN4O4/c1-17(2)15-27-22(31)13-7-8-14-29-24(33)18-9-3-6-12-21(18)30(25(29)34)16-23(32)28-20-11-5-4-10-19(20)26/h3-6,9-12,17H,7-8,13-16H2,1-2H3,(H,27,31)(H,28,32). The monoisotopic (exact) mass is 468 g/mol. The second kappa shape index (κ2) is 11.4. The molecule has 0 aliphatic rings. The van der Waals surface area contributed by atoms with E-state index in [1.54, 1.807) is 30.3 Å². The first kappa shape index (κ1) is 24.9. The molecular formula is C25H29FN4O4. The molecular weight excluding hydrogens is 439 g/mol. The maximum absolute atomic E-state index is 13.9. The number of carbonyl (C=O) groups excluding carboxylic acids is 2. The van der Waals surface area contributed by atoms with Crippen LogP contribution in [-0.4, -0.2) is 27.5 Å². The van der Waals surface area contributed by atoms with Crippen LogP contribution >= 0.6 is 0 Å². The van der Waals surface area contributed by atoms with E-state index in [0.29, 0.717) is 42.6 Å². The smallest absolute Gasteiger partial charge is 0.331 e. The van der Waals surface area contributed by atoms with Gasteiger partial charge in [-0.2, -0.15) is 0 Å². The van der Waals surface area contributed by atoms with Crippen LogP contribution in [0.15, 0.2) is 58.1 Å². The summed E-state index contributed by atoms with van der Waals surface area (Å²) in [6, 6.07) is 12.3. The fourth-order valence-corrected chi connectivity index (χ4v) is 3.58. The lowest BCUT2D eigenvalue weighted by Gasteiger charge is -2.14. The lowest BCUT2D eigenvalue weighted by molar-refractivity contribution is -0.121. The van der Waals surface area contributed by atoms with Gasteiger partial charge in [-0.3, -0.25) is 23.5 Å². The SMILES string of the molecule is CC(C)CNC(=O)CCCCn1c(=O)c2ccccc2n(CC(=O)Nc2ccccc2F)c1=O. The molecule has 0 unspecified atom stereocenters. The highest BCUT2D eigenvalue weighted by atomic mass is 19.1. The summed E-state index contributed by atoms with van der Waals surface area (Å²) in [5.41, 5.74) is -0.744. The van der Waals surface area contributed by atoms with E-state index in [4.69, 9.17) is 0 Å². The molecule has 0 atom stereocenters. The van der Waals surface area contributed by atoms with Gasteiger partial charge in [-0.05, 0) is 43.0 Å². The number of carbonyl (C=O) groups is 2. The number of unbranched alkanes of at least 4 members (excludes halogenated alkanes) is 1. The summed E-state index contributed by atoms with van der Waals surface area (Å²) in [4.78, 5) is 50.6. The Bertz CT molecular complexity index is 1300. The van der Waals surface area contributed by atoms with Crippen molar-refractivity contribution in [1.82, 2.24) is 14.5 Å². The van der Waals surface area contributed by atoms with Crippen LogP contribution in [0.5, 0.6) is 0 Å². The van der Waals surface area contributed by atoms with E-state index in [0.717, 1.165) is 4.57 Å². The van der Waals surface area contributed by atoms with Gasteiger partial charge in [-0.25, -0.2) is 9.18 Å². The highest BCUT2D eigenvalue weighted by Crippen LogP contribution is 2.13. The maximum atomic E-state index is 13.9. The topological polar surface area (TPSA) is 102 Å². The number of para-hydroxylation sites is 2. The van der Waals surface area contributed by atoms with Crippen molar-refractivity contribution in [2.24, 2.45) is 5.92 Å². The minimum absolute atomic E-state index is 0.00826. The molecule has 8 nitrogen and oxygen atoms in total. The first-order valence-electron chi connectivity index (χ1n) is 11.3. The van der Waals surface area contributed by atoms with E-state index in [1.807, 2.05) is 13.8 Å². The van der Waals surface area contributed by atoms with Crippen molar-refractivity contribution in [3.63, 3.8) is 0 Å². The van der Waals surface area contributed by atoms with Gasteiger partial charge in [0.15, 0.2) is 0 Å². The molecule has 180 valence electrons. The molecule has 0 saturated heterocycles. The summed E-state index contributed by atoms with van der Waals surface area (Å²) in [6.45, 7) is 4.35. The van der Waals surface area contributed by atoms with Gasteiger partial charge in [0.2, 0.25) is 11.8 Å². The zero-order valence-electron chi connectivity index (χ0n) is 19.3. The molecule has 0 aliphatic carbocycles. The fourth-order valence-electron chi connectivity index (χ4n) is 3.58. The number of fused-ring (bicyclic) bond motifs is 1. The molecule has 2 amide bonds. The van der Waals surface area contributed by atoms with Gasteiger partial charge in [-0.15, -0.1) is 0 Å². The van der Waals surface area contributed by atoms with E-state index >= 15 is 0 Å².